The maximum Gasteiger partial charge on any atom is 0.337 e. The number of hydrogen-bond donors (Lipinski definition) is 1. The molecule has 2 rings (SSSR count). The van der Waals surface area contributed by atoms with Gasteiger partial charge >= 0.3 is 5.97 Å². The number of benzene rings is 2. The minimum atomic E-state index is -0.448. The minimum absolute atomic E-state index is 0.187. The zero-order valence-corrected chi connectivity index (χ0v) is 15.7. The van der Waals surface area contributed by atoms with Gasteiger partial charge in [-0.05, 0) is 58.7 Å². The fraction of sp³-hybridized carbons (Fsp3) is 0.222. The number of halogens is 1. The molecule has 0 aliphatic carbocycles. The van der Waals surface area contributed by atoms with Crippen LogP contribution in [0.25, 0.3) is 0 Å². The molecule has 0 fully saturated rings. The number of carbonyl (C=O) groups is 2. The Hall–Kier alpha value is -2.54. The Morgan fingerprint density at radius 3 is 2.44 bits per heavy atom. The number of aryl methyl sites for hydroxylation is 1. The van der Waals surface area contributed by atoms with Crippen LogP contribution in [-0.2, 0) is 9.53 Å². The van der Waals surface area contributed by atoms with E-state index < -0.39 is 5.97 Å². The average Bonchev–Trinajstić information content (AvgIpc) is 2.60. The van der Waals surface area contributed by atoms with E-state index in [0.717, 1.165) is 5.56 Å². The summed E-state index contributed by atoms with van der Waals surface area (Å²) >= 11 is 3.31. The van der Waals surface area contributed by atoms with Crippen LogP contribution in [0.4, 0.5) is 5.69 Å². The van der Waals surface area contributed by atoms with E-state index in [9.17, 15) is 9.59 Å². The van der Waals surface area contributed by atoms with Gasteiger partial charge in [-0.1, -0.05) is 6.07 Å². The van der Waals surface area contributed by atoms with Crippen LogP contribution >= 0.6 is 15.9 Å². The Bertz CT molecular complexity index is 791. The number of rotatable bonds is 6. The molecule has 6 nitrogen and oxygen atoms in total. The van der Waals surface area contributed by atoms with Crippen molar-refractivity contribution in [3.63, 3.8) is 0 Å². The Morgan fingerprint density at radius 2 is 1.80 bits per heavy atom. The molecule has 0 radical (unpaired) electrons. The van der Waals surface area contributed by atoms with Crippen molar-refractivity contribution in [2.45, 2.75) is 6.92 Å². The van der Waals surface area contributed by atoms with Gasteiger partial charge in [-0.25, -0.2) is 4.79 Å². The molecule has 1 N–H and O–H groups in total. The van der Waals surface area contributed by atoms with Gasteiger partial charge in [0.1, 0.15) is 11.5 Å². The van der Waals surface area contributed by atoms with E-state index in [4.69, 9.17) is 9.47 Å². The third-order valence-corrected chi connectivity index (χ3v) is 3.96. The Balaban J connectivity index is 2.01. The second-order valence-electron chi connectivity index (χ2n) is 5.18. The highest BCUT2D eigenvalue weighted by Gasteiger charge is 2.12. The predicted octanol–water partition coefficient (Wildman–Crippen LogP) is 3.57. The van der Waals surface area contributed by atoms with E-state index in [0.29, 0.717) is 27.2 Å². The van der Waals surface area contributed by atoms with Crippen LogP contribution in [0.5, 0.6) is 11.5 Å². The van der Waals surface area contributed by atoms with E-state index in [2.05, 4.69) is 26.0 Å². The summed E-state index contributed by atoms with van der Waals surface area (Å²) in [6.45, 7) is 1.73. The van der Waals surface area contributed by atoms with Gasteiger partial charge in [0.25, 0.3) is 5.91 Å². The molecule has 0 aliphatic rings. The monoisotopic (exact) mass is 407 g/mol. The first-order valence-corrected chi connectivity index (χ1v) is 8.19. The van der Waals surface area contributed by atoms with Gasteiger partial charge in [-0.15, -0.1) is 0 Å². The summed E-state index contributed by atoms with van der Waals surface area (Å²) in [6.07, 6.45) is 0. The molecule has 2 aromatic rings. The zero-order chi connectivity index (χ0) is 18.4. The Morgan fingerprint density at radius 1 is 1.08 bits per heavy atom. The number of methoxy groups -OCH3 is 2. The van der Waals surface area contributed by atoms with Crippen molar-refractivity contribution < 1.29 is 23.8 Å². The molecule has 0 heterocycles. The number of carbonyl (C=O) groups excluding carboxylic acids is 2. The van der Waals surface area contributed by atoms with E-state index in [1.165, 1.54) is 14.2 Å². The third-order valence-electron chi connectivity index (χ3n) is 3.34. The van der Waals surface area contributed by atoms with Crippen molar-refractivity contribution >= 4 is 33.5 Å². The van der Waals surface area contributed by atoms with Gasteiger partial charge in [0.2, 0.25) is 0 Å². The van der Waals surface area contributed by atoms with Crippen LogP contribution in [0.2, 0.25) is 0 Å². The van der Waals surface area contributed by atoms with Gasteiger partial charge in [0.05, 0.1) is 29.9 Å². The number of amides is 1. The van der Waals surface area contributed by atoms with Crippen LogP contribution in [0.15, 0.2) is 40.9 Å². The second kappa shape index (κ2) is 8.53. The standard InChI is InChI=1S/C18H18BrNO5/c1-11-4-6-16(23-2)14(8-11)20-17(21)10-25-15-7-5-12(9-13(15)19)18(22)24-3/h4-9H,10H2,1-3H3,(H,20,21). The van der Waals surface area contributed by atoms with E-state index in [-0.39, 0.29) is 12.5 Å². The normalized spacial score (nSPS) is 10.1. The number of esters is 1. The van der Waals surface area contributed by atoms with Crippen LogP contribution in [-0.4, -0.2) is 32.7 Å². The SMILES string of the molecule is COC(=O)c1ccc(OCC(=O)Nc2cc(C)ccc2OC)c(Br)c1. The summed E-state index contributed by atoms with van der Waals surface area (Å²) in [5.74, 6) is 0.242. The molecule has 0 saturated heterocycles. The predicted molar refractivity (Wildman–Crippen MR) is 97.3 cm³/mol. The lowest BCUT2D eigenvalue weighted by atomic mass is 10.2. The minimum Gasteiger partial charge on any atom is -0.495 e. The number of nitrogens with one attached hydrogen (secondary N) is 1. The molecular formula is C18H18BrNO5. The van der Waals surface area contributed by atoms with Crippen LogP contribution < -0.4 is 14.8 Å². The molecule has 1 amide bonds. The van der Waals surface area contributed by atoms with Crippen LogP contribution in [0.3, 0.4) is 0 Å². The first-order valence-electron chi connectivity index (χ1n) is 7.39. The van der Waals surface area contributed by atoms with Crippen LogP contribution in [0.1, 0.15) is 15.9 Å². The molecule has 2 aromatic carbocycles. The van der Waals surface area contributed by atoms with Crippen LogP contribution in [0, 0.1) is 6.92 Å². The van der Waals surface area contributed by atoms with Gasteiger partial charge in [0.15, 0.2) is 6.61 Å². The molecular weight excluding hydrogens is 390 g/mol. The Kier molecular flexibility index (Phi) is 6.41. The molecule has 0 spiro atoms. The lowest BCUT2D eigenvalue weighted by Gasteiger charge is -2.12. The number of ether oxygens (including phenoxy) is 3. The summed E-state index contributed by atoms with van der Waals surface area (Å²) in [5, 5.41) is 2.75. The summed E-state index contributed by atoms with van der Waals surface area (Å²) < 4.78 is 15.9. The molecule has 0 bridgehead atoms. The third kappa shape index (κ3) is 4.96. The summed E-state index contributed by atoms with van der Waals surface area (Å²) in [4.78, 5) is 23.6. The molecule has 0 aromatic heterocycles. The topological polar surface area (TPSA) is 73.9 Å². The number of hydrogen-bond acceptors (Lipinski definition) is 5. The van der Waals surface area contributed by atoms with E-state index >= 15 is 0 Å². The molecule has 25 heavy (non-hydrogen) atoms. The average molecular weight is 408 g/mol. The summed E-state index contributed by atoms with van der Waals surface area (Å²) in [5.41, 5.74) is 1.96. The highest BCUT2D eigenvalue weighted by Crippen LogP contribution is 2.27. The number of anilines is 1. The highest BCUT2D eigenvalue weighted by atomic mass is 79.9. The molecule has 0 aliphatic heterocycles. The van der Waals surface area contributed by atoms with Gasteiger partial charge in [-0.2, -0.15) is 0 Å². The van der Waals surface area contributed by atoms with E-state index in [1.54, 1.807) is 24.3 Å². The fourth-order valence-electron chi connectivity index (χ4n) is 2.11. The largest absolute Gasteiger partial charge is 0.495 e. The molecule has 0 unspecified atom stereocenters. The highest BCUT2D eigenvalue weighted by molar-refractivity contribution is 9.10. The lowest BCUT2D eigenvalue weighted by molar-refractivity contribution is -0.118. The summed E-state index contributed by atoms with van der Waals surface area (Å²) in [6, 6.07) is 10.2. The van der Waals surface area contributed by atoms with E-state index in [1.807, 2.05) is 19.1 Å². The van der Waals surface area contributed by atoms with Crippen molar-refractivity contribution in [2.75, 3.05) is 26.1 Å². The fourth-order valence-corrected chi connectivity index (χ4v) is 2.61. The molecule has 7 heteroatoms. The summed E-state index contributed by atoms with van der Waals surface area (Å²) in [7, 11) is 2.85. The van der Waals surface area contributed by atoms with Crippen molar-refractivity contribution in [3.8, 4) is 11.5 Å². The van der Waals surface area contributed by atoms with Gasteiger partial charge < -0.3 is 19.5 Å². The zero-order valence-electron chi connectivity index (χ0n) is 14.1. The Labute approximate surface area is 154 Å². The maximum atomic E-state index is 12.1. The lowest BCUT2D eigenvalue weighted by Crippen LogP contribution is -2.20. The molecule has 0 saturated carbocycles. The van der Waals surface area contributed by atoms with Crippen molar-refractivity contribution in [1.82, 2.24) is 0 Å². The first kappa shape index (κ1) is 18.8. The molecule has 0 atom stereocenters. The van der Waals surface area contributed by atoms with Gasteiger partial charge in [0, 0.05) is 0 Å². The van der Waals surface area contributed by atoms with Crippen molar-refractivity contribution in [3.05, 3.63) is 52.0 Å². The van der Waals surface area contributed by atoms with Crippen molar-refractivity contribution in [2.24, 2.45) is 0 Å². The smallest absolute Gasteiger partial charge is 0.337 e. The maximum absolute atomic E-state index is 12.1. The van der Waals surface area contributed by atoms with Crippen molar-refractivity contribution in [1.29, 1.82) is 0 Å². The first-order chi connectivity index (χ1) is 11.9. The van der Waals surface area contributed by atoms with Gasteiger partial charge in [-0.3, -0.25) is 4.79 Å². The second-order valence-corrected chi connectivity index (χ2v) is 6.03. The quantitative estimate of drug-likeness (QED) is 0.740. The molecule has 132 valence electrons.